The first-order chi connectivity index (χ1) is 9.57. The molecule has 0 saturated carbocycles. The van der Waals surface area contributed by atoms with Gasteiger partial charge < -0.3 is 5.10 Å². The van der Waals surface area contributed by atoms with E-state index in [1.54, 1.807) is 8.61 Å². The average Bonchev–Trinajstić information content (AvgIpc) is 3.08. The van der Waals surface area contributed by atoms with Gasteiger partial charge in [0.05, 0.1) is 0 Å². The predicted octanol–water partition coefficient (Wildman–Crippen LogP) is 0.223. The maximum atomic E-state index is 12.5. The fraction of sp³-hybridized carbons (Fsp3) is 0.750. The number of aromatic nitrogens is 2. The summed E-state index contributed by atoms with van der Waals surface area (Å²) in [5.74, 6) is 0.0773. The molecule has 1 aromatic rings. The lowest BCUT2D eigenvalue weighted by Crippen LogP contribution is -2.45. The highest BCUT2D eigenvalue weighted by Gasteiger charge is 2.36. The Morgan fingerprint density at radius 3 is 2.45 bits per heavy atom. The number of aromatic amines is 2. The van der Waals surface area contributed by atoms with E-state index in [1.165, 1.54) is 6.07 Å². The Morgan fingerprint density at radius 1 is 1.05 bits per heavy atom. The summed E-state index contributed by atoms with van der Waals surface area (Å²) in [4.78, 5) is 11.1. The quantitative estimate of drug-likeness (QED) is 0.837. The van der Waals surface area contributed by atoms with Gasteiger partial charge in [-0.3, -0.25) is 9.89 Å². The molecule has 20 heavy (non-hydrogen) atoms. The summed E-state index contributed by atoms with van der Waals surface area (Å²) >= 11 is 0. The molecular weight excluding hydrogens is 280 g/mol. The number of nitrogens with one attached hydrogen (secondary N) is 2. The van der Waals surface area contributed by atoms with Crippen LogP contribution in [0.3, 0.4) is 0 Å². The van der Waals surface area contributed by atoms with E-state index >= 15 is 0 Å². The highest BCUT2D eigenvalue weighted by atomic mass is 32.2. The Labute approximate surface area is 118 Å². The van der Waals surface area contributed by atoms with Crippen LogP contribution in [0.5, 0.6) is 0 Å². The summed E-state index contributed by atoms with van der Waals surface area (Å²) in [6.07, 6.45) is 3.75. The third-order valence-electron chi connectivity index (χ3n) is 4.18. The first kappa shape index (κ1) is 13.8. The van der Waals surface area contributed by atoms with Crippen molar-refractivity contribution in [1.29, 1.82) is 0 Å². The van der Waals surface area contributed by atoms with Crippen LogP contribution in [0.15, 0.2) is 10.9 Å². The minimum Gasteiger partial charge on any atom is -0.302 e. The first-order valence-corrected chi connectivity index (χ1v) is 8.50. The van der Waals surface area contributed by atoms with Gasteiger partial charge in [0.1, 0.15) is 0 Å². The summed E-state index contributed by atoms with van der Waals surface area (Å²) in [6, 6.07) is 1.52. The number of rotatable bonds is 3. The van der Waals surface area contributed by atoms with E-state index in [9.17, 15) is 13.2 Å². The highest BCUT2D eigenvalue weighted by Crippen LogP contribution is 2.28. The van der Waals surface area contributed by atoms with Crippen molar-refractivity contribution in [2.24, 2.45) is 0 Å². The molecule has 8 heteroatoms. The molecule has 2 N–H and O–H groups in total. The van der Waals surface area contributed by atoms with Crippen LogP contribution in [0.1, 0.15) is 37.3 Å². The second-order valence-corrected chi connectivity index (χ2v) is 7.45. The molecule has 0 amide bonds. The van der Waals surface area contributed by atoms with E-state index in [-0.39, 0.29) is 11.5 Å². The summed E-state index contributed by atoms with van der Waals surface area (Å²) < 4.78 is 28.2. The van der Waals surface area contributed by atoms with Crippen LogP contribution >= 0.6 is 0 Å². The summed E-state index contributed by atoms with van der Waals surface area (Å²) in [5, 5.41) is 5.33. The Kier molecular flexibility index (Phi) is 3.70. The van der Waals surface area contributed by atoms with Gasteiger partial charge in [0.15, 0.2) is 0 Å². The molecule has 1 aromatic heterocycles. The monoisotopic (exact) mass is 300 g/mol. The lowest BCUT2D eigenvalue weighted by atomic mass is 10.1. The molecule has 0 bridgehead atoms. The smallest absolute Gasteiger partial charge is 0.281 e. The van der Waals surface area contributed by atoms with Gasteiger partial charge in [-0.25, -0.2) is 0 Å². The summed E-state index contributed by atoms with van der Waals surface area (Å²) in [6.45, 7) is 2.23. The lowest BCUT2D eigenvalue weighted by molar-refractivity contribution is 0.315. The maximum absolute atomic E-state index is 12.5. The highest BCUT2D eigenvalue weighted by molar-refractivity contribution is 7.86. The predicted molar refractivity (Wildman–Crippen MR) is 74.7 cm³/mol. The number of piperidine rings is 1. The SMILES string of the molecule is O=c1cc([C@H]2CCN(S(=O)(=O)N3CCCCC3)C2)[nH][nH]1. The zero-order valence-electron chi connectivity index (χ0n) is 11.3. The Bertz CT molecular complexity index is 615. The fourth-order valence-electron chi connectivity index (χ4n) is 3.02. The van der Waals surface area contributed by atoms with Gasteiger partial charge >= 0.3 is 0 Å². The maximum Gasteiger partial charge on any atom is 0.281 e. The van der Waals surface area contributed by atoms with E-state index < -0.39 is 10.2 Å². The Morgan fingerprint density at radius 2 is 1.80 bits per heavy atom. The van der Waals surface area contributed by atoms with Gasteiger partial charge in [0, 0.05) is 43.9 Å². The van der Waals surface area contributed by atoms with Crippen LogP contribution < -0.4 is 5.56 Å². The zero-order valence-corrected chi connectivity index (χ0v) is 12.2. The number of hydrogen-bond acceptors (Lipinski definition) is 3. The van der Waals surface area contributed by atoms with E-state index in [4.69, 9.17) is 0 Å². The molecule has 2 saturated heterocycles. The first-order valence-electron chi connectivity index (χ1n) is 7.10. The van der Waals surface area contributed by atoms with Crippen molar-refractivity contribution < 1.29 is 8.42 Å². The van der Waals surface area contributed by atoms with Gasteiger partial charge in [-0.1, -0.05) is 6.42 Å². The standard InChI is InChI=1S/C12H20N4O3S/c17-12-8-11(13-14-12)10-4-7-16(9-10)20(18,19)15-5-2-1-3-6-15/h8,10H,1-7,9H2,(H2,13,14,17)/t10-/m0/s1. The van der Waals surface area contributed by atoms with Crippen LogP contribution in [0.4, 0.5) is 0 Å². The molecule has 2 aliphatic rings. The Hall–Kier alpha value is -1.12. The Balaban J connectivity index is 1.71. The van der Waals surface area contributed by atoms with Crippen LogP contribution in [0, 0.1) is 0 Å². The van der Waals surface area contributed by atoms with E-state index in [0.29, 0.717) is 26.2 Å². The molecule has 2 fully saturated rings. The third-order valence-corrected chi connectivity index (χ3v) is 6.18. The van der Waals surface area contributed by atoms with Crippen molar-refractivity contribution in [2.75, 3.05) is 26.2 Å². The molecule has 0 aromatic carbocycles. The van der Waals surface area contributed by atoms with Crippen molar-refractivity contribution in [2.45, 2.75) is 31.6 Å². The second kappa shape index (κ2) is 5.34. The van der Waals surface area contributed by atoms with Crippen molar-refractivity contribution in [3.63, 3.8) is 0 Å². The van der Waals surface area contributed by atoms with Crippen molar-refractivity contribution in [3.05, 3.63) is 22.1 Å². The molecule has 2 aliphatic heterocycles. The van der Waals surface area contributed by atoms with Gasteiger partial charge in [0.25, 0.3) is 15.8 Å². The normalized spacial score (nSPS) is 26.1. The molecule has 0 aliphatic carbocycles. The molecule has 0 radical (unpaired) electrons. The molecule has 0 spiro atoms. The third kappa shape index (κ3) is 2.55. The molecular formula is C12H20N4O3S. The molecule has 3 rings (SSSR count). The molecule has 0 unspecified atom stereocenters. The van der Waals surface area contributed by atoms with Crippen molar-refractivity contribution in [1.82, 2.24) is 18.8 Å². The van der Waals surface area contributed by atoms with Gasteiger partial charge in [-0.2, -0.15) is 17.0 Å². The van der Waals surface area contributed by atoms with Gasteiger partial charge in [0.2, 0.25) is 0 Å². The number of nitrogens with zero attached hydrogens (tertiary/aromatic N) is 2. The van der Waals surface area contributed by atoms with E-state index in [2.05, 4.69) is 10.2 Å². The van der Waals surface area contributed by atoms with E-state index in [0.717, 1.165) is 31.4 Å². The summed E-state index contributed by atoms with van der Waals surface area (Å²) in [5.41, 5.74) is 0.628. The van der Waals surface area contributed by atoms with Crippen LogP contribution in [0.2, 0.25) is 0 Å². The lowest BCUT2D eigenvalue weighted by Gasteiger charge is -2.30. The van der Waals surface area contributed by atoms with Gasteiger partial charge in [-0.05, 0) is 19.3 Å². The molecule has 3 heterocycles. The van der Waals surface area contributed by atoms with E-state index in [1.807, 2.05) is 0 Å². The van der Waals surface area contributed by atoms with Crippen LogP contribution in [0.25, 0.3) is 0 Å². The fourth-order valence-corrected chi connectivity index (χ4v) is 4.77. The largest absolute Gasteiger partial charge is 0.302 e. The topological polar surface area (TPSA) is 89.3 Å². The molecule has 112 valence electrons. The van der Waals surface area contributed by atoms with Crippen molar-refractivity contribution >= 4 is 10.2 Å². The minimum atomic E-state index is -3.33. The second-order valence-electron chi connectivity index (χ2n) is 5.53. The average molecular weight is 300 g/mol. The van der Waals surface area contributed by atoms with Gasteiger partial charge in [-0.15, -0.1) is 0 Å². The minimum absolute atomic E-state index is 0.0773. The van der Waals surface area contributed by atoms with Crippen LogP contribution in [-0.4, -0.2) is 53.4 Å². The molecule has 1 atom stereocenters. The zero-order chi connectivity index (χ0) is 14.2. The van der Waals surface area contributed by atoms with Crippen LogP contribution in [-0.2, 0) is 10.2 Å². The summed E-state index contributed by atoms with van der Waals surface area (Å²) in [7, 11) is -3.33. The molecule has 7 nitrogen and oxygen atoms in total. The number of hydrogen-bond donors (Lipinski definition) is 2. The van der Waals surface area contributed by atoms with Crippen molar-refractivity contribution in [3.8, 4) is 0 Å². The number of H-pyrrole nitrogens is 2.